The smallest absolute Gasteiger partial charge is 0.337 e. The van der Waals surface area contributed by atoms with Crippen molar-refractivity contribution in [2.24, 2.45) is 0 Å². The summed E-state index contributed by atoms with van der Waals surface area (Å²) in [4.78, 5) is 11.9. The minimum Gasteiger partial charge on any atom is -0.467 e. The van der Waals surface area contributed by atoms with Gasteiger partial charge in [-0.25, -0.2) is 4.79 Å². The van der Waals surface area contributed by atoms with Crippen LogP contribution in [-0.4, -0.2) is 36.5 Å². The summed E-state index contributed by atoms with van der Waals surface area (Å²) in [7, 11) is 1.38. The molecule has 1 aliphatic carbocycles. The zero-order valence-electron chi connectivity index (χ0n) is 12.6. The van der Waals surface area contributed by atoms with Crippen molar-refractivity contribution in [3.8, 4) is 0 Å². The standard InChI is InChI=1S/C16H23ClO4/c1-12(17)8-4-3-5-9-13-14(15(18)19-2)21-16(20-13)10-6-7-11-16/h3-5,8,12-14H,6-7,9-11H2,1-2H3/b5-3-,8-4-/t12?,13-,14+/m0/s1. The number of carbonyl (C=O) groups is 1. The Labute approximate surface area is 131 Å². The summed E-state index contributed by atoms with van der Waals surface area (Å²) in [5.74, 6) is -0.931. The van der Waals surface area contributed by atoms with Crippen LogP contribution in [0.25, 0.3) is 0 Å². The molecule has 2 rings (SSSR count). The molecule has 1 saturated carbocycles. The highest BCUT2D eigenvalue weighted by Gasteiger charge is 2.51. The number of halogens is 1. The van der Waals surface area contributed by atoms with Crippen LogP contribution in [0, 0.1) is 0 Å². The van der Waals surface area contributed by atoms with E-state index in [0.29, 0.717) is 6.42 Å². The molecule has 0 N–H and O–H groups in total. The van der Waals surface area contributed by atoms with E-state index in [2.05, 4.69) is 0 Å². The lowest BCUT2D eigenvalue weighted by Gasteiger charge is -2.21. The fraction of sp³-hybridized carbons (Fsp3) is 0.688. The molecule has 0 bridgehead atoms. The minimum absolute atomic E-state index is 0.00490. The molecule has 2 fully saturated rings. The number of allylic oxidation sites excluding steroid dienone is 3. The number of esters is 1. The fourth-order valence-electron chi connectivity index (χ4n) is 2.82. The molecule has 1 unspecified atom stereocenters. The van der Waals surface area contributed by atoms with Crippen LogP contribution in [-0.2, 0) is 19.0 Å². The second kappa shape index (κ2) is 7.43. The number of hydrogen-bond acceptors (Lipinski definition) is 4. The van der Waals surface area contributed by atoms with Gasteiger partial charge in [0, 0.05) is 18.2 Å². The van der Waals surface area contributed by atoms with Crippen molar-refractivity contribution in [1.29, 1.82) is 0 Å². The highest BCUT2D eigenvalue weighted by Crippen LogP contribution is 2.42. The zero-order valence-corrected chi connectivity index (χ0v) is 13.3. The van der Waals surface area contributed by atoms with Crippen LogP contribution in [0.15, 0.2) is 24.3 Å². The molecule has 0 radical (unpaired) electrons. The second-order valence-corrected chi connectivity index (χ2v) is 6.25. The van der Waals surface area contributed by atoms with Crippen molar-refractivity contribution < 1.29 is 19.0 Å². The zero-order chi connectivity index (χ0) is 15.3. The molecule has 0 aromatic heterocycles. The Morgan fingerprint density at radius 1 is 1.38 bits per heavy atom. The first kappa shape index (κ1) is 16.5. The van der Waals surface area contributed by atoms with E-state index in [1.807, 2.05) is 31.2 Å². The van der Waals surface area contributed by atoms with Crippen LogP contribution in [0.4, 0.5) is 0 Å². The SMILES string of the molecule is COC(=O)[C@@H]1OC2(CCCC2)O[C@H]1C/C=C\C=C/C(C)Cl. The lowest BCUT2D eigenvalue weighted by molar-refractivity contribution is -0.180. The van der Waals surface area contributed by atoms with Crippen molar-refractivity contribution in [1.82, 2.24) is 0 Å². The van der Waals surface area contributed by atoms with Crippen molar-refractivity contribution in [2.45, 2.75) is 62.4 Å². The van der Waals surface area contributed by atoms with E-state index in [4.69, 9.17) is 25.8 Å². The van der Waals surface area contributed by atoms with Gasteiger partial charge in [0.15, 0.2) is 11.9 Å². The highest BCUT2D eigenvalue weighted by molar-refractivity contribution is 6.21. The van der Waals surface area contributed by atoms with E-state index in [0.717, 1.165) is 25.7 Å². The van der Waals surface area contributed by atoms with Crippen molar-refractivity contribution >= 4 is 17.6 Å². The third-order valence-electron chi connectivity index (χ3n) is 3.84. The average Bonchev–Trinajstić information content (AvgIpc) is 3.05. The number of methoxy groups -OCH3 is 1. The largest absolute Gasteiger partial charge is 0.467 e. The number of hydrogen-bond donors (Lipinski definition) is 0. The van der Waals surface area contributed by atoms with Crippen LogP contribution < -0.4 is 0 Å². The normalized spacial score (nSPS) is 29.7. The van der Waals surface area contributed by atoms with Gasteiger partial charge in [0.25, 0.3) is 0 Å². The van der Waals surface area contributed by atoms with Crippen LogP contribution >= 0.6 is 11.6 Å². The third-order valence-corrected chi connectivity index (χ3v) is 3.98. The van der Waals surface area contributed by atoms with Crippen LogP contribution in [0.1, 0.15) is 39.0 Å². The Balaban J connectivity index is 1.96. The van der Waals surface area contributed by atoms with E-state index < -0.39 is 11.9 Å². The summed E-state index contributed by atoms with van der Waals surface area (Å²) >= 11 is 5.82. The van der Waals surface area contributed by atoms with E-state index in [1.165, 1.54) is 7.11 Å². The summed E-state index contributed by atoms with van der Waals surface area (Å²) in [5.41, 5.74) is 0. The first-order valence-corrected chi connectivity index (χ1v) is 7.91. The highest BCUT2D eigenvalue weighted by atomic mass is 35.5. The van der Waals surface area contributed by atoms with Crippen molar-refractivity contribution in [3.63, 3.8) is 0 Å². The monoisotopic (exact) mass is 314 g/mol. The van der Waals surface area contributed by atoms with Gasteiger partial charge in [-0.05, 0) is 26.2 Å². The predicted molar refractivity (Wildman–Crippen MR) is 81.2 cm³/mol. The maximum atomic E-state index is 11.9. The Bertz CT molecular complexity index is 411. The van der Waals surface area contributed by atoms with Gasteiger partial charge in [-0.2, -0.15) is 0 Å². The van der Waals surface area contributed by atoms with Crippen molar-refractivity contribution in [3.05, 3.63) is 24.3 Å². The molecule has 1 heterocycles. The van der Waals surface area contributed by atoms with Gasteiger partial charge in [-0.1, -0.05) is 24.3 Å². The number of rotatable bonds is 5. The van der Waals surface area contributed by atoms with Crippen LogP contribution in [0.2, 0.25) is 0 Å². The molecule has 1 aliphatic heterocycles. The first-order valence-electron chi connectivity index (χ1n) is 7.47. The molecule has 4 nitrogen and oxygen atoms in total. The van der Waals surface area contributed by atoms with Gasteiger partial charge < -0.3 is 14.2 Å². The molecule has 21 heavy (non-hydrogen) atoms. The molecule has 1 saturated heterocycles. The third kappa shape index (κ3) is 4.31. The second-order valence-electron chi connectivity index (χ2n) is 5.56. The van der Waals surface area contributed by atoms with Crippen LogP contribution in [0.3, 0.4) is 0 Å². The molecular weight excluding hydrogens is 292 g/mol. The summed E-state index contributed by atoms with van der Waals surface area (Å²) in [6.07, 6.45) is 11.2. The lowest BCUT2D eigenvalue weighted by Crippen LogP contribution is -2.32. The molecule has 118 valence electrons. The van der Waals surface area contributed by atoms with Gasteiger partial charge in [0.2, 0.25) is 0 Å². The summed E-state index contributed by atoms with van der Waals surface area (Å²) in [6, 6.07) is 0. The fourth-order valence-corrected chi connectivity index (χ4v) is 2.90. The Morgan fingerprint density at radius 3 is 2.71 bits per heavy atom. The van der Waals surface area contributed by atoms with E-state index in [1.54, 1.807) is 0 Å². The first-order chi connectivity index (χ1) is 10.1. The average molecular weight is 315 g/mol. The van der Waals surface area contributed by atoms with E-state index in [9.17, 15) is 4.79 Å². The Morgan fingerprint density at radius 2 is 2.10 bits per heavy atom. The maximum Gasteiger partial charge on any atom is 0.337 e. The molecule has 0 amide bonds. The molecular formula is C16H23ClO4. The maximum absolute atomic E-state index is 11.9. The Hall–Kier alpha value is -0.840. The molecule has 0 aromatic rings. The topological polar surface area (TPSA) is 44.8 Å². The number of alkyl halides is 1. The van der Waals surface area contributed by atoms with E-state index in [-0.39, 0.29) is 17.5 Å². The summed E-state index contributed by atoms with van der Waals surface area (Å²) < 4.78 is 16.8. The Kier molecular flexibility index (Phi) is 5.85. The number of carbonyl (C=O) groups excluding carboxylic acids is 1. The van der Waals surface area contributed by atoms with Gasteiger partial charge >= 0.3 is 5.97 Å². The molecule has 3 atom stereocenters. The van der Waals surface area contributed by atoms with Gasteiger partial charge in [-0.15, -0.1) is 11.6 Å². The quantitative estimate of drug-likeness (QED) is 0.443. The number of ether oxygens (including phenoxy) is 3. The summed E-state index contributed by atoms with van der Waals surface area (Å²) in [5, 5.41) is 0.00490. The molecule has 5 heteroatoms. The minimum atomic E-state index is -0.631. The van der Waals surface area contributed by atoms with Crippen LogP contribution in [0.5, 0.6) is 0 Å². The predicted octanol–water partition coefficient (Wildman–Crippen LogP) is 3.34. The van der Waals surface area contributed by atoms with Gasteiger partial charge in [0.05, 0.1) is 7.11 Å². The molecule has 2 aliphatic rings. The van der Waals surface area contributed by atoms with E-state index >= 15 is 0 Å². The van der Waals surface area contributed by atoms with Gasteiger partial charge in [-0.3, -0.25) is 0 Å². The molecule has 0 aromatic carbocycles. The van der Waals surface area contributed by atoms with Crippen molar-refractivity contribution in [2.75, 3.05) is 7.11 Å². The lowest BCUT2D eigenvalue weighted by atomic mass is 10.1. The molecule has 1 spiro atoms. The summed E-state index contributed by atoms with van der Waals surface area (Å²) in [6.45, 7) is 1.90. The van der Waals surface area contributed by atoms with Gasteiger partial charge in [0.1, 0.15) is 6.10 Å².